The number of hydrogen-bond donors (Lipinski definition) is 5. The average molecular weight is 405 g/mol. The zero-order valence-corrected chi connectivity index (χ0v) is 16.0. The molecule has 3 aromatic rings. The molecular weight excluding hydrogens is 386 g/mol. The maximum Gasteiger partial charge on any atom is 0.254 e. The van der Waals surface area contributed by atoms with Crippen molar-refractivity contribution in [1.82, 2.24) is 15.3 Å². The highest BCUT2D eigenvalue weighted by atomic mass is 16.2. The third-order valence-electron chi connectivity index (χ3n) is 4.14. The van der Waals surface area contributed by atoms with Crippen molar-refractivity contribution in [3.63, 3.8) is 0 Å². The Kier molecular flexibility index (Phi) is 5.87. The number of rotatable bonds is 7. The highest BCUT2D eigenvalue weighted by molar-refractivity contribution is 6.03. The first kappa shape index (κ1) is 20.3. The fourth-order valence-corrected chi connectivity index (χ4v) is 2.68. The molecule has 0 saturated heterocycles. The molecule has 7 N–H and O–H groups in total. The van der Waals surface area contributed by atoms with Gasteiger partial charge in [0.1, 0.15) is 11.6 Å². The summed E-state index contributed by atoms with van der Waals surface area (Å²) in [7, 11) is 1.49. The minimum absolute atomic E-state index is 0.251. The second-order valence-electron chi connectivity index (χ2n) is 6.15. The first-order chi connectivity index (χ1) is 14.4. The van der Waals surface area contributed by atoms with E-state index in [1.807, 2.05) is 0 Å². The van der Waals surface area contributed by atoms with Gasteiger partial charge >= 0.3 is 0 Å². The largest absolute Gasteiger partial charge is 0.366 e. The number of aromatic nitrogens is 2. The van der Waals surface area contributed by atoms with E-state index >= 15 is 0 Å². The van der Waals surface area contributed by atoms with Gasteiger partial charge in [-0.2, -0.15) is 0 Å². The summed E-state index contributed by atoms with van der Waals surface area (Å²) in [4.78, 5) is 43.7. The molecule has 0 aliphatic rings. The first-order valence-electron chi connectivity index (χ1n) is 8.80. The Hall–Kier alpha value is -4.47. The van der Waals surface area contributed by atoms with Crippen molar-refractivity contribution in [2.24, 2.45) is 11.5 Å². The molecule has 0 spiro atoms. The van der Waals surface area contributed by atoms with Crippen LogP contribution in [-0.4, -0.2) is 34.7 Å². The van der Waals surface area contributed by atoms with Crippen molar-refractivity contribution >= 4 is 40.7 Å². The van der Waals surface area contributed by atoms with Gasteiger partial charge in [0.25, 0.3) is 11.8 Å². The summed E-state index contributed by atoms with van der Waals surface area (Å²) in [5, 5.41) is 8.55. The van der Waals surface area contributed by atoms with Gasteiger partial charge in [0.15, 0.2) is 0 Å². The van der Waals surface area contributed by atoms with E-state index in [2.05, 4.69) is 25.9 Å². The van der Waals surface area contributed by atoms with E-state index in [9.17, 15) is 14.4 Å². The van der Waals surface area contributed by atoms with Crippen LogP contribution in [0.15, 0.2) is 54.9 Å². The molecule has 2 aromatic heterocycles. The van der Waals surface area contributed by atoms with Gasteiger partial charge in [0.05, 0.1) is 22.5 Å². The fourth-order valence-electron chi connectivity index (χ4n) is 2.68. The van der Waals surface area contributed by atoms with Gasteiger partial charge in [-0.15, -0.1) is 0 Å². The molecule has 0 unspecified atom stereocenters. The number of nitrogens with two attached hydrogens (primary N) is 2. The lowest BCUT2D eigenvalue weighted by Gasteiger charge is -2.15. The number of primary amides is 2. The zero-order chi connectivity index (χ0) is 21.7. The molecular formula is C20H19N7O3. The van der Waals surface area contributed by atoms with E-state index in [0.717, 1.165) is 0 Å². The topological polar surface area (TPSA) is 165 Å². The number of hydrogen-bond acceptors (Lipinski definition) is 7. The van der Waals surface area contributed by atoms with Crippen LogP contribution in [0.5, 0.6) is 0 Å². The monoisotopic (exact) mass is 405 g/mol. The molecule has 2 heterocycles. The highest BCUT2D eigenvalue weighted by Gasteiger charge is 2.15. The molecule has 10 nitrogen and oxygen atoms in total. The first-order valence-corrected chi connectivity index (χ1v) is 8.80. The highest BCUT2D eigenvalue weighted by Crippen LogP contribution is 2.26. The number of carbonyl (C=O) groups is 3. The molecule has 3 amide bonds. The van der Waals surface area contributed by atoms with Crippen molar-refractivity contribution in [1.29, 1.82) is 0 Å². The lowest BCUT2D eigenvalue weighted by Crippen LogP contribution is -2.20. The number of anilines is 4. The number of amides is 3. The van der Waals surface area contributed by atoms with Crippen LogP contribution < -0.4 is 27.4 Å². The summed E-state index contributed by atoms with van der Waals surface area (Å²) in [5.74, 6) is -0.888. The van der Waals surface area contributed by atoms with Crippen molar-refractivity contribution in [3.05, 3.63) is 71.5 Å². The molecule has 0 atom stereocenters. The van der Waals surface area contributed by atoms with E-state index < -0.39 is 11.8 Å². The molecule has 0 aliphatic carbocycles. The quantitative estimate of drug-likeness (QED) is 0.397. The molecule has 30 heavy (non-hydrogen) atoms. The Labute approximate surface area is 171 Å². The van der Waals surface area contributed by atoms with Crippen LogP contribution in [0.1, 0.15) is 31.1 Å². The van der Waals surface area contributed by atoms with Crippen molar-refractivity contribution < 1.29 is 14.4 Å². The lowest BCUT2D eigenvalue weighted by atomic mass is 10.1. The number of pyridine rings is 2. The Morgan fingerprint density at radius 2 is 1.57 bits per heavy atom. The van der Waals surface area contributed by atoms with Crippen LogP contribution >= 0.6 is 0 Å². The van der Waals surface area contributed by atoms with Crippen LogP contribution in [0.25, 0.3) is 0 Å². The standard InChI is InChI=1S/C20H19N7O3/c1-23-20(30)13-10-25-17(27-16-8-11(18(21)28)6-7-24-16)9-15(13)26-14-5-3-2-4-12(14)19(22)29/h2-10H,1H3,(H2,21,28)(H2,22,29)(H,23,30)(H2,24,25,26,27). The summed E-state index contributed by atoms with van der Waals surface area (Å²) in [6.07, 6.45) is 2.80. The molecule has 3 rings (SSSR count). The van der Waals surface area contributed by atoms with E-state index in [4.69, 9.17) is 11.5 Å². The molecule has 1 aromatic carbocycles. The maximum atomic E-state index is 12.3. The van der Waals surface area contributed by atoms with E-state index in [1.165, 1.54) is 31.6 Å². The molecule has 0 radical (unpaired) electrons. The van der Waals surface area contributed by atoms with Crippen LogP contribution in [-0.2, 0) is 0 Å². The van der Waals surface area contributed by atoms with E-state index in [-0.39, 0.29) is 22.6 Å². The van der Waals surface area contributed by atoms with E-state index in [1.54, 1.807) is 30.3 Å². The summed E-state index contributed by atoms with van der Waals surface area (Å²) < 4.78 is 0. The molecule has 0 saturated carbocycles. The normalized spacial score (nSPS) is 10.2. The predicted molar refractivity (Wildman–Crippen MR) is 112 cm³/mol. The summed E-state index contributed by atoms with van der Waals surface area (Å²) >= 11 is 0. The second-order valence-corrected chi connectivity index (χ2v) is 6.15. The molecule has 0 bridgehead atoms. The lowest BCUT2D eigenvalue weighted by molar-refractivity contribution is 0.0961. The molecule has 0 fully saturated rings. The van der Waals surface area contributed by atoms with Crippen LogP contribution in [0.4, 0.5) is 23.0 Å². The van der Waals surface area contributed by atoms with Gasteiger partial charge in [-0.25, -0.2) is 9.97 Å². The average Bonchev–Trinajstić information content (AvgIpc) is 2.74. The van der Waals surface area contributed by atoms with Gasteiger partial charge in [0, 0.05) is 31.1 Å². The summed E-state index contributed by atoms with van der Waals surface area (Å²) in [6.45, 7) is 0. The summed E-state index contributed by atoms with van der Waals surface area (Å²) in [5.41, 5.74) is 12.3. The van der Waals surface area contributed by atoms with Crippen LogP contribution in [0.3, 0.4) is 0 Å². The summed E-state index contributed by atoms with van der Waals surface area (Å²) in [6, 6.07) is 11.2. The van der Waals surface area contributed by atoms with Gasteiger partial charge in [-0.3, -0.25) is 14.4 Å². The van der Waals surface area contributed by atoms with Gasteiger partial charge < -0.3 is 27.4 Å². The molecule has 10 heteroatoms. The smallest absolute Gasteiger partial charge is 0.254 e. The Morgan fingerprint density at radius 3 is 2.27 bits per heavy atom. The van der Waals surface area contributed by atoms with Crippen molar-refractivity contribution in [2.75, 3.05) is 17.7 Å². The van der Waals surface area contributed by atoms with Gasteiger partial charge in [-0.1, -0.05) is 12.1 Å². The molecule has 152 valence electrons. The minimum atomic E-state index is -0.612. The Bertz CT molecular complexity index is 1130. The minimum Gasteiger partial charge on any atom is -0.366 e. The van der Waals surface area contributed by atoms with Crippen molar-refractivity contribution in [2.45, 2.75) is 0 Å². The number of benzene rings is 1. The van der Waals surface area contributed by atoms with Gasteiger partial charge in [0.2, 0.25) is 5.91 Å². The third-order valence-corrected chi connectivity index (χ3v) is 4.14. The SMILES string of the molecule is CNC(=O)c1cnc(Nc2cc(C(N)=O)ccn2)cc1Nc1ccccc1C(N)=O. The Morgan fingerprint density at radius 1 is 0.833 bits per heavy atom. The maximum absolute atomic E-state index is 12.3. The number of nitrogens with one attached hydrogen (secondary N) is 3. The second kappa shape index (κ2) is 8.69. The van der Waals surface area contributed by atoms with E-state index in [0.29, 0.717) is 23.0 Å². The van der Waals surface area contributed by atoms with Gasteiger partial charge in [-0.05, 0) is 24.3 Å². The van der Waals surface area contributed by atoms with Crippen molar-refractivity contribution in [3.8, 4) is 0 Å². The zero-order valence-electron chi connectivity index (χ0n) is 16.0. The Balaban J connectivity index is 1.99. The fraction of sp³-hybridized carbons (Fsp3) is 0.0500. The molecule has 0 aliphatic heterocycles. The van der Waals surface area contributed by atoms with Crippen LogP contribution in [0, 0.1) is 0 Å². The number of nitrogens with zero attached hydrogens (tertiary/aromatic N) is 2. The third kappa shape index (κ3) is 4.50. The number of carbonyl (C=O) groups excluding carboxylic acids is 3. The van der Waals surface area contributed by atoms with Crippen LogP contribution in [0.2, 0.25) is 0 Å². The predicted octanol–water partition coefficient (Wildman–Crippen LogP) is 1.52. The number of para-hydroxylation sites is 1.